The van der Waals surface area contributed by atoms with Crippen molar-refractivity contribution in [2.75, 3.05) is 0 Å². The fourth-order valence-corrected chi connectivity index (χ4v) is 2.81. The van der Waals surface area contributed by atoms with E-state index < -0.39 is 17.4 Å². The highest BCUT2D eigenvalue weighted by Gasteiger charge is 2.58. The molecular weight excluding hydrogens is 220 g/mol. The number of rotatable bonds is 1. The van der Waals surface area contributed by atoms with E-state index in [9.17, 15) is 14.4 Å². The summed E-state index contributed by atoms with van der Waals surface area (Å²) in [6.07, 6.45) is 7.35. The molecule has 90 valence electrons. The van der Waals surface area contributed by atoms with Gasteiger partial charge in [0.15, 0.2) is 0 Å². The van der Waals surface area contributed by atoms with Crippen LogP contribution in [0.5, 0.6) is 0 Å². The van der Waals surface area contributed by atoms with Crippen LogP contribution in [0.2, 0.25) is 0 Å². The maximum Gasteiger partial charge on any atom is 0.331 e. The van der Waals surface area contributed by atoms with E-state index in [0.717, 1.165) is 6.42 Å². The van der Waals surface area contributed by atoms with E-state index in [4.69, 9.17) is 0 Å². The van der Waals surface area contributed by atoms with E-state index >= 15 is 0 Å². The number of urea groups is 1. The van der Waals surface area contributed by atoms with Crippen molar-refractivity contribution in [3.05, 3.63) is 12.2 Å². The minimum absolute atomic E-state index is 0.104. The standard InChI is InChI=1S/C12H14N2O3/c15-9-12(6-3-7-12)10(16)14(11(17)13-9)8-4-1-2-5-8/h1-2,8H,3-7H2,(H,13,15,17). The third kappa shape index (κ3) is 1.28. The van der Waals surface area contributed by atoms with Gasteiger partial charge in [0.2, 0.25) is 11.8 Å². The lowest BCUT2D eigenvalue weighted by molar-refractivity contribution is -0.159. The Bertz CT molecular complexity index is 429. The second kappa shape index (κ2) is 3.42. The predicted octanol–water partition coefficient (Wildman–Crippen LogP) is 0.954. The normalized spacial score (nSPS) is 27.5. The van der Waals surface area contributed by atoms with Crippen molar-refractivity contribution in [2.45, 2.75) is 38.1 Å². The lowest BCUT2D eigenvalue weighted by Crippen LogP contribution is -2.67. The van der Waals surface area contributed by atoms with Gasteiger partial charge in [0.1, 0.15) is 5.41 Å². The molecule has 0 unspecified atom stereocenters. The fraction of sp³-hybridized carbons (Fsp3) is 0.583. The van der Waals surface area contributed by atoms with Crippen LogP contribution in [0, 0.1) is 5.41 Å². The molecule has 4 amide bonds. The molecule has 1 saturated heterocycles. The van der Waals surface area contributed by atoms with Gasteiger partial charge in [-0.1, -0.05) is 18.6 Å². The number of amides is 4. The molecule has 1 saturated carbocycles. The summed E-state index contributed by atoms with van der Waals surface area (Å²) in [5.41, 5.74) is -0.934. The van der Waals surface area contributed by atoms with E-state index in [1.54, 1.807) is 0 Å². The van der Waals surface area contributed by atoms with Crippen molar-refractivity contribution in [3.8, 4) is 0 Å². The molecule has 0 aromatic rings. The first-order chi connectivity index (χ1) is 8.15. The molecule has 0 aromatic heterocycles. The molecule has 0 aromatic carbocycles. The number of carbonyl (C=O) groups is 3. The van der Waals surface area contributed by atoms with Crippen LogP contribution in [-0.4, -0.2) is 28.8 Å². The molecule has 0 bridgehead atoms. The zero-order valence-electron chi connectivity index (χ0n) is 9.44. The first-order valence-corrected chi connectivity index (χ1v) is 5.99. The smallest absolute Gasteiger partial charge is 0.277 e. The molecule has 1 heterocycles. The average Bonchev–Trinajstić information content (AvgIpc) is 2.67. The summed E-state index contributed by atoms with van der Waals surface area (Å²) in [4.78, 5) is 37.2. The molecule has 2 fully saturated rings. The largest absolute Gasteiger partial charge is 0.331 e. The highest BCUT2D eigenvalue weighted by atomic mass is 16.2. The van der Waals surface area contributed by atoms with Gasteiger partial charge >= 0.3 is 6.03 Å². The van der Waals surface area contributed by atoms with Crippen molar-refractivity contribution in [3.63, 3.8) is 0 Å². The number of nitrogens with zero attached hydrogens (tertiary/aromatic N) is 1. The third-order valence-electron chi connectivity index (χ3n) is 4.06. The van der Waals surface area contributed by atoms with Crippen LogP contribution in [0.25, 0.3) is 0 Å². The summed E-state index contributed by atoms with van der Waals surface area (Å²) in [6.45, 7) is 0. The third-order valence-corrected chi connectivity index (χ3v) is 4.06. The highest BCUT2D eigenvalue weighted by Crippen LogP contribution is 2.45. The van der Waals surface area contributed by atoms with Crippen molar-refractivity contribution in [1.82, 2.24) is 10.2 Å². The van der Waals surface area contributed by atoms with Crippen molar-refractivity contribution in [2.24, 2.45) is 5.41 Å². The number of nitrogens with one attached hydrogen (secondary N) is 1. The summed E-state index contributed by atoms with van der Waals surface area (Å²) < 4.78 is 0. The van der Waals surface area contributed by atoms with Crippen LogP contribution in [0.4, 0.5) is 4.79 Å². The van der Waals surface area contributed by atoms with Gasteiger partial charge in [0.25, 0.3) is 0 Å². The summed E-state index contributed by atoms with van der Waals surface area (Å²) in [6, 6.07) is -0.653. The van der Waals surface area contributed by atoms with Crippen LogP contribution in [0.3, 0.4) is 0 Å². The zero-order valence-corrected chi connectivity index (χ0v) is 9.44. The summed E-state index contributed by atoms with van der Waals surface area (Å²) in [5.74, 6) is -0.688. The van der Waals surface area contributed by atoms with E-state index in [2.05, 4.69) is 5.32 Å². The van der Waals surface area contributed by atoms with E-state index in [0.29, 0.717) is 25.7 Å². The Labute approximate surface area is 98.8 Å². The highest BCUT2D eigenvalue weighted by molar-refractivity contribution is 6.19. The summed E-state index contributed by atoms with van der Waals surface area (Å²) >= 11 is 0. The SMILES string of the molecule is O=C1NC(=O)C2(CCC2)C(=O)N1C1CC=CC1. The quantitative estimate of drug-likeness (QED) is 0.542. The second-order valence-electron chi connectivity index (χ2n) is 4.97. The van der Waals surface area contributed by atoms with E-state index in [1.807, 2.05) is 12.2 Å². The van der Waals surface area contributed by atoms with E-state index in [-0.39, 0.29) is 11.9 Å². The van der Waals surface area contributed by atoms with Crippen LogP contribution in [0.1, 0.15) is 32.1 Å². The minimum Gasteiger partial charge on any atom is -0.277 e. The van der Waals surface area contributed by atoms with Crippen LogP contribution in [0.15, 0.2) is 12.2 Å². The Balaban J connectivity index is 1.90. The molecule has 0 radical (unpaired) electrons. The van der Waals surface area contributed by atoms with E-state index in [1.165, 1.54) is 4.90 Å². The molecule has 17 heavy (non-hydrogen) atoms. The van der Waals surface area contributed by atoms with Gasteiger partial charge in [0, 0.05) is 6.04 Å². The second-order valence-corrected chi connectivity index (χ2v) is 4.97. The maximum absolute atomic E-state index is 12.4. The maximum atomic E-state index is 12.4. The monoisotopic (exact) mass is 234 g/mol. The Kier molecular flexibility index (Phi) is 2.11. The molecule has 1 spiro atoms. The number of hydrogen-bond acceptors (Lipinski definition) is 3. The molecule has 5 nitrogen and oxygen atoms in total. The molecule has 5 heteroatoms. The van der Waals surface area contributed by atoms with Crippen LogP contribution < -0.4 is 5.32 Å². The van der Waals surface area contributed by atoms with Gasteiger partial charge in [-0.15, -0.1) is 0 Å². The van der Waals surface area contributed by atoms with Gasteiger partial charge in [-0.05, 0) is 25.7 Å². The number of imide groups is 2. The van der Waals surface area contributed by atoms with Gasteiger partial charge < -0.3 is 0 Å². The molecular formula is C12H14N2O3. The lowest BCUT2D eigenvalue weighted by Gasteiger charge is -2.46. The number of carbonyl (C=O) groups excluding carboxylic acids is 3. The molecule has 1 N–H and O–H groups in total. The zero-order chi connectivity index (χ0) is 12.0. The molecule has 2 aliphatic carbocycles. The average molecular weight is 234 g/mol. The number of barbiturate groups is 1. The Morgan fingerprint density at radius 1 is 1.18 bits per heavy atom. The molecule has 1 aliphatic heterocycles. The Morgan fingerprint density at radius 2 is 1.82 bits per heavy atom. The lowest BCUT2D eigenvalue weighted by atomic mass is 9.66. The van der Waals surface area contributed by atoms with Gasteiger partial charge in [-0.2, -0.15) is 0 Å². The Hall–Kier alpha value is -1.65. The van der Waals surface area contributed by atoms with Gasteiger partial charge in [0.05, 0.1) is 0 Å². The molecule has 3 rings (SSSR count). The minimum atomic E-state index is -0.934. The first kappa shape index (κ1) is 10.5. The van der Waals surface area contributed by atoms with Crippen molar-refractivity contribution >= 4 is 17.8 Å². The molecule has 0 atom stereocenters. The van der Waals surface area contributed by atoms with Crippen LogP contribution >= 0.6 is 0 Å². The Morgan fingerprint density at radius 3 is 2.35 bits per heavy atom. The molecule has 3 aliphatic rings. The fourth-order valence-electron chi connectivity index (χ4n) is 2.81. The number of hydrogen-bond donors (Lipinski definition) is 1. The topological polar surface area (TPSA) is 66.5 Å². The first-order valence-electron chi connectivity index (χ1n) is 5.99. The predicted molar refractivity (Wildman–Crippen MR) is 58.8 cm³/mol. The summed E-state index contributed by atoms with van der Waals surface area (Å²) in [5, 5.41) is 2.33. The van der Waals surface area contributed by atoms with Gasteiger partial charge in [-0.3, -0.25) is 19.8 Å². The summed E-state index contributed by atoms with van der Waals surface area (Å²) in [7, 11) is 0. The van der Waals surface area contributed by atoms with Crippen molar-refractivity contribution < 1.29 is 14.4 Å². The van der Waals surface area contributed by atoms with Crippen LogP contribution in [-0.2, 0) is 9.59 Å². The van der Waals surface area contributed by atoms with Crippen molar-refractivity contribution in [1.29, 1.82) is 0 Å². The van der Waals surface area contributed by atoms with Gasteiger partial charge in [-0.25, -0.2) is 4.79 Å².